The van der Waals surface area contributed by atoms with Gasteiger partial charge >= 0.3 is 0 Å². The number of nitriles is 1. The summed E-state index contributed by atoms with van der Waals surface area (Å²) in [6, 6.07) is 28.4. The topological polar surface area (TPSA) is 91.8 Å². The summed E-state index contributed by atoms with van der Waals surface area (Å²) in [6.45, 7) is 2.01. The quantitative estimate of drug-likeness (QED) is 0.474. The Kier molecular flexibility index (Phi) is 5.46. The van der Waals surface area contributed by atoms with Gasteiger partial charge in [-0.05, 0) is 42.8 Å². The monoisotopic (exact) mass is 404 g/mol. The lowest BCUT2D eigenvalue weighted by atomic mass is 9.97. The largest absolute Gasteiger partial charge is 0.383 e. The average Bonchev–Trinajstić information content (AvgIpc) is 2.80. The molecule has 5 nitrogen and oxygen atoms in total. The Morgan fingerprint density at radius 1 is 0.935 bits per heavy atom. The summed E-state index contributed by atoms with van der Waals surface area (Å²) in [6.07, 6.45) is 0. The molecule has 4 aromatic rings. The second-order valence-corrected chi connectivity index (χ2v) is 7.19. The number of amides is 1. The van der Waals surface area contributed by atoms with Crippen LogP contribution in [0.3, 0.4) is 0 Å². The van der Waals surface area contributed by atoms with Crippen LogP contribution < -0.4 is 11.1 Å². The van der Waals surface area contributed by atoms with E-state index in [0.717, 1.165) is 22.3 Å². The number of benzene rings is 3. The zero-order valence-electron chi connectivity index (χ0n) is 17.0. The van der Waals surface area contributed by atoms with E-state index in [0.29, 0.717) is 22.5 Å². The molecule has 0 saturated carbocycles. The van der Waals surface area contributed by atoms with Gasteiger partial charge < -0.3 is 11.1 Å². The minimum atomic E-state index is -0.171. The Balaban J connectivity index is 1.64. The van der Waals surface area contributed by atoms with E-state index in [4.69, 9.17) is 5.73 Å². The Hall–Kier alpha value is -4.43. The Morgan fingerprint density at radius 3 is 2.23 bits per heavy atom. The molecule has 0 bridgehead atoms. The Bertz CT molecular complexity index is 1270. The summed E-state index contributed by atoms with van der Waals surface area (Å²) < 4.78 is 0. The van der Waals surface area contributed by atoms with Crippen LogP contribution in [0.25, 0.3) is 22.4 Å². The van der Waals surface area contributed by atoms with Crippen LogP contribution in [0.1, 0.15) is 21.5 Å². The van der Waals surface area contributed by atoms with E-state index < -0.39 is 0 Å². The molecule has 31 heavy (non-hydrogen) atoms. The molecule has 3 aromatic carbocycles. The molecule has 4 rings (SSSR count). The number of rotatable bonds is 4. The highest BCUT2D eigenvalue weighted by Crippen LogP contribution is 2.31. The van der Waals surface area contributed by atoms with Crippen LogP contribution in [0.4, 0.5) is 11.5 Å². The molecule has 0 atom stereocenters. The molecule has 0 unspecified atom stereocenters. The lowest BCUT2D eigenvalue weighted by Crippen LogP contribution is -2.11. The van der Waals surface area contributed by atoms with Gasteiger partial charge in [0.15, 0.2) is 0 Å². The van der Waals surface area contributed by atoms with Gasteiger partial charge in [0.1, 0.15) is 17.5 Å². The number of nitrogens with two attached hydrogens (primary N) is 1. The fraction of sp³-hybridized carbons (Fsp3) is 0.0385. The number of hydrogen-bond donors (Lipinski definition) is 2. The molecule has 0 fully saturated rings. The summed E-state index contributed by atoms with van der Waals surface area (Å²) >= 11 is 0. The number of pyridine rings is 1. The molecule has 0 radical (unpaired) electrons. The highest BCUT2D eigenvalue weighted by Gasteiger charge is 2.14. The number of carbonyl (C=O) groups excluding carboxylic acids is 1. The maximum atomic E-state index is 12.3. The second kappa shape index (κ2) is 8.52. The summed E-state index contributed by atoms with van der Waals surface area (Å²) in [5, 5.41) is 12.5. The number of carbonyl (C=O) groups is 1. The third kappa shape index (κ3) is 4.29. The SMILES string of the molecule is Cc1ccc(-c2cc(-c3ccc(NC(=O)c4ccccc4)cc3)nc(N)c2C#N)cc1. The van der Waals surface area contributed by atoms with Gasteiger partial charge in [0.05, 0.1) is 5.69 Å². The molecule has 0 aliphatic heterocycles. The Labute approximate surface area is 180 Å². The average molecular weight is 404 g/mol. The first kappa shape index (κ1) is 19.9. The van der Waals surface area contributed by atoms with Crippen molar-refractivity contribution < 1.29 is 4.79 Å². The predicted octanol–water partition coefficient (Wildman–Crippen LogP) is 5.43. The number of nitrogen functional groups attached to an aromatic ring is 1. The highest BCUT2D eigenvalue weighted by atomic mass is 16.1. The van der Waals surface area contributed by atoms with E-state index in [9.17, 15) is 10.1 Å². The molecule has 0 saturated heterocycles. The highest BCUT2D eigenvalue weighted by molar-refractivity contribution is 6.04. The summed E-state index contributed by atoms with van der Waals surface area (Å²) in [4.78, 5) is 16.8. The summed E-state index contributed by atoms with van der Waals surface area (Å²) in [5.41, 5.74) is 12.0. The smallest absolute Gasteiger partial charge is 0.255 e. The third-order valence-electron chi connectivity index (χ3n) is 5.00. The molecule has 0 aliphatic carbocycles. The molecule has 1 amide bonds. The zero-order valence-corrected chi connectivity index (χ0v) is 17.0. The molecular weight excluding hydrogens is 384 g/mol. The van der Waals surface area contributed by atoms with Gasteiger partial charge in [0.2, 0.25) is 0 Å². The molecular formula is C26H20N4O. The third-order valence-corrected chi connectivity index (χ3v) is 5.00. The van der Waals surface area contributed by atoms with Gasteiger partial charge in [-0.1, -0.05) is 60.2 Å². The van der Waals surface area contributed by atoms with Crippen LogP contribution in [0.5, 0.6) is 0 Å². The fourth-order valence-electron chi connectivity index (χ4n) is 3.31. The van der Waals surface area contributed by atoms with Gasteiger partial charge in [-0.25, -0.2) is 4.98 Å². The number of anilines is 2. The van der Waals surface area contributed by atoms with Gasteiger partial charge in [-0.15, -0.1) is 0 Å². The molecule has 0 spiro atoms. The van der Waals surface area contributed by atoms with Crippen molar-refractivity contribution in [3.63, 3.8) is 0 Å². The van der Waals surface area contributed by atoms with Crippen LogP contribution >= 0.6 is 0 Å². The van der Waals surface area contributed by atoms with Crippen molar-refractivity contribution in [2.75, 3.05) is 11.1 Å². The first-order valence-electron chi connectivity index (χ1n) is 9.79. The van der Waals surface area contributed by atoms with Crippen LogP contribution in [-0.4, -0.2) is 10.9 Å². The minimum Gasteiger partial charge on any atom is -0.383 e. The number of aromatic nitrogens is 1. The van der Waals surface area contributed by atoms with E-state index in [1.165, 1.54) is 0 Å². The minimum absolute atomic E-state index is 0.171. The first-order chi connectivity index (χ1) is 15.0. The van der Waals surface area contributed by atoms with Crippen LogP contribution in [0, 0.1) is 18.3 Å². The molecule has 1 aromatic heterocycles. The number of nitrogens with zero attached hydrogens (tertiary/aromatic N) is 2. The van der Waals surface area contributed by atoms with Crippen molar-refractivity contribution >= 4 is 17.4 Å². The van der Waals surface area contributed by atoms with Gasteiger partial charge in [0.25, 0.3) is 5.91 Å². The van der Waals surface area contributed by atoms with Gasteiger partial charge in [0, 0.05) is 22.4 Å². The van der Waals surface area contributed by atoms with E-state index in [2.05, 4.69) is 16.4 Å². The standard InChI is InChI=1S/C26H20N4O/c1-17-7-9-18(10-8-17)22-15-24(30-25(28)23(22)16-27)19-11-13-21(14-12-19)29-26(31)20-5-3-2-4-6-20/h2-15H,1H3,(H2,28,30)(H,29,31). The van der Waals surface area contributed by atoms with Gasteiger partial charge in [-0.2, -0.15) is 5.26 Å². The number of aryl methyl sites for hydroxylation is 1. The van der Waals surface area contributed by atoms with E-state index in [-0.39, 0.29) is 11.7 Å². The van der Waals surface area contributed by atoms with Crippen LogP contribution in [-0.2, 0) is 0 Å². The maximum Gasteiger partial charge on any atom is 0.255 e. The van der Waals surface area contributed by atoms with Crippen molar-refractivity contribution in [2.45, 2.75) is 6.92 Å². The first-order valence-corrected chi connectivity index (χ1v) is 9.79. The van der Waals surface area contributed by atoms with E-state index in [1.807, 2.05) is 79.7 Å². The second-order valence-electron chi connectivity index (χ2n) is 7.19. The molecule has 0 aliphatic rings. The maximum absolute atomic E-state index is 12.3. The fourth-order valence-corrected chi connectivity index (χ4v) is 3.31. The van der Waals surface area contributed by atoms with E-state index >= 15 is 0 Å². The predicted molar refractivity (Wildman–Crippen MR) is 123 cm³/mol. The van der Waals surface area contributed by atoms with Crippen molar-refractivity contribution in [2.24, 2.45) is 0 Å². The number of hydrogen-bond acceptors (Lipinski definition) is 4. The van der Waals surface area contributed by atoms with Gasteiger partial charge in [-0.3, -0.25) is 4.79 Å². The summed E-state index contributed by atoms with van der Waals surface area (Å²) in [5.74, 6) is 0.0211. The lowest BCUT2D eigenvalue weighted by molar-refractivity contribution is 0.102. The van der Waals surface area contributed by atoms with Crippen molar-refractivity contribution in [1.29, 1.82) is 5.26 Å². The Morgan fingerprint density at radius 2 is 1.58 bits per heavy atom. The van der Waals surface area contributed by atoms with E-state index in [1.54, 1.807) is 12.1 Å². The van der Waals surface area contributed by atoms with Crippen LogP contribution in [0.15, 0.2) is 84.9 Å². The summed E-state index contributed by atoms with van der Waals surface area (Å²) in [7, 11) is 0. The normalized spacial score (nSPS) is 10.3. The molecule has 150 valence electrons. The van der Waals surface area contributed by atoms with Crippen molar-refractivity contribution in [1.82, 2.24) is 4.98 Å². The lowest BCUT2D eigenvalue weighted by Gasteiger charge is -2.11. The van der Waals surface area contributed by atoms with Crippen LogP contribution in [0.2, 0.25) is 0 Å². The molecule has 1 heterocycles. The van der Waals surface area contributed by atoms with Crippen molar-refractivity contribution in [3.8, 4) is 28.5 Å². The number of nitrogens with one attached hydrogen (secondary N) is 1. The van der Waals surface area contributed by atoms with Crippen molar-refractivity contribution in [3.05, 3.63) is 102 Å². The molecule has 3 N–H and O–H groups in total. The molecule has 5 heteroatoms. The zero-order chi connectivity index (χ0) is 21.8.